The molecule has 1 fully saturated rings. The maximum Gasteiger partial charge on any atom is 0.407 e. The third-order valence-corrected chi connectivity index (χ3v) is 8.98. The fourth-order valence-electron chi connectivity index (χ4n) is 6.97. The number of fused-ring (bicyclic) bond motifs is 1. The SMILES string of the molecule is CC1=C(C#CC2=CCC[C@]3(C)[C@@H]([C@H](C)CCCC(C)(C)O)CC[C@@H]23)C[C@@H](NC(=O)OC(C)(C)C)C[C@@H]1O. The summed E-state index contributed by atoms with van der Waals surface area (Å²) in [5, 5.41) is 23.7. The third-order valence-electron chi connectivity index (χ3n) is 8.98. The summed E-state index contributed by atoms with van der Waals surface area (Å²) in [5.41, 5.74) is 2.23. The van der Waals surface area contributed by atoms with Crippen LogP contribution in [0, 0.1) is 35.0 Å². The minimum atomic E-state index is -0.607. The monoisotopic (exact) mass is 513 g/mol. The number of carbonyl (C=O) groups is 1. The molecule has 5 heteroatoms. The topological polar surface area (TPSA) is 78.8 Å². The summed E-state index contributed by atoms with van der Waals surface area (Å²) < 4.78 is 5.42. The molecule has 3 N–H and O–H groups in total. The van der Waals surface area contributed by atoms with Gasteiger partial charge in [0.05, 0.1) is 11.7 Å². The van der Waals surface area contributed by atoms with Crippen LogP contribution in [0.5, 0.6) is 0 Å². The maximum atomic E-state index is 12.3. The van der Waals surface area contributed by atoms with Crippen molar-refractivity contribution in [2.45, 2.75) is 137 Å². The van der Waals surface area contributed by atoms with Crippen LogP contribution in [0.2, 0.25) is 0 Å². The van der Waals surface area contributed by atoms with Gasteiger partial charge < -0.3 is 20.3 Å². The molecule has 0 spiro atoms. The van der Waals surface area contributed by atoms with Crippen molar-refractivity contribution < 1.29 is 19.7 Å². The molecule has 0 bridgehead atoms. The Kier molecular flexibility index (Phi) is 9.29. The molecule has 0 aliphatic heterocycles. The van der Waals surface area contributed by atoms with E-state index in [1.807, 2.05) is 41.5 Å². The Hall–Kier alpha value is -1.77. The van der Waals surface area contributed by atoms with E-state index in [0.29, 0.717) is 30.6 Å². The van der Waals surface area contributed by atoms with Crippen LogP contribution >= 0.6 is 0 Å². The van der Waals surface area contributed by atoms with E-state index in [-0.39, 0.29) is 11.5 Å². The molecular formula is C32H51NO4. The molecule has 0 aromatic rings. The van der Waals surface area contributed by atoms with E-state index in [9.17, 15) is 15.0 Å². The number of alkyl carbamates (subject to hydrolysis) is 1. The lowest BCUT2D eigenvalue weighted by molar-refractivity contribution is 0.0484. The Bertz CT molecular complexity index is 954. The summed E-state index contributed by atoms with van der Waals surface area (Å²) in [5.74, 6) is 8.78. The van der Waals surface area contributed by atoms with Gasteiger partial charge in [0.2, 0.25) is 0 Å². The van der Waals surface area contributed by atoms with Crippen molar-refractivity contribution in [3.8, 4) is 11.8 Å². The van der Waals surface area contributed by atoms with E-state index in [4.69, 9.17) is 4.74 Å². The van der Waals surface area contributed by atoms with Gasteiger partial charge in [-0.05, 0) is 109 Å². The Balaban J connectivity index is 1.68. The average Bonchev–Trinajstić information content (AvgIpc) is 3.10. The Morgan fingerprint density at radius 3 is 2.59 bits per heavy atom. The number of aliphatic hydroxyl groups excluding tert-OH is 1. The molecule has 1 amide bonds. The maximum absolute atomic E-state index is 12.3. The van der Waals surface area contributed by atoms with Gasteiger partial charge in [-0.15, -0.1) is 0 Å². The van der Waals surface area contributed by atoms with Crippen molar-refractivity contribution in [2.75, 3.05) is 0 Å². The van der Waals surface area contributed by atoms with Gasteiger partial charge in [0.15, 0.2) is 0 Å². The molecule has 0 radical (unpaired) electrons. The van der Waals surface area contributed by atoms with E-state index in [0.717, 1.165) is 36.8 Å². The molecule has 5 nitrogen and oxygen atoms in total. The largest absolute Gasteiger partial charge is 0.444 e. The summed E-state index contributed by atoms with van der Waals surface area (Å²) in [4.78, 5) is 12.3. The second-order valence-corrected chi connectivity index (χ2v) is 13.8. The molecule has 3 aliphatic carbocycles. The zero-order valence-electron chi connectivity index (χ0n) is 24.5. The number of allylic oxidation sites excluding steroid dienone is 2. The minimum Gasteiger partial charge on any atom is -0.444 e. The van der Waals surface area contributed by atoms with Crippen molar-refractivity contribution >= 4 is 6.09 Å². The first-order chi connectivity index (χ1) is 17.1. The smallest absolute Gasteiger partial charge is 0.407 e. The van der Waals surface area contributed by atoms with Gasteiger partial charge in [0.1, 0.15) is 5.60 Å². The van der Waals surface area contributed by atoms with Gasteiger partial charge >= 0.3 is 6.09 Å². The van der Waals surface area contributed by atoms with Gasteiger partial charge in [-0.3, -0.25) is 0 Å². The van der Waals surface area contributed by atoms with Crippen molar-refractivity contribution in [2.24, 2.45) is 23.2 Å². The Morgan fingerprint density at radius 1 is 1.24 bits per heavy atom. The Morgan fingerprint density at radius 2 is 1.95 bits per heavy atom. The number of carbonyl (C=O) groups excluding carboxylic acids is 1. The molecule has 1 saturated carbocycles. The standard InChI is InChI=1S/C32H51NO4/c1-21(11-9-17-31(6,7)36)26-15-16-27-23(12-10-18-32(26,27)8)13-14-24-19-25(20-28(34)22(24)2)33-29(35)37-30(3,4)5/h12,21,25-28,34,36H,9-11,15-20H2,1-8H3,(H,33,35)/t21-,25-,26-,27+,28+,32-/m1/s1. The zero-order valence-corrected chi connectivity index (χ0v) is 24.5. The zero-order chi connectivity index (χ0) is 27.6. The van der Waals surface area contributed by atoms with Crippen LogP contribution < -0.4 is 5.32 Å². The summed E-state index contributed by atoms with van der Waals surface area (Å²) in [6, 6.07) is -0.191. The lowest BCUT2D eigenvalue weighted by Crippen LogP contribution is -2.43. The first-order valence-electron chi connectivity index (χ1n) is 14.4. The van der Waals surface area contributed by atoms with Crippen LogP contribution in [0.4, 0.5) is 4.79 Å². The van der Waals surface area contributed by atoms with Gasteiger partial charge in [-0.2, -0.15) is 0 Å². The highest BCUT2D eigenvalue weighted by atomic mass is 16.6. The van der Waals surface area contributed by atoms with Crippen LogP contribution in [-0.4, -0.2) is 39.7 Å². The van der Waals surface area contributed by atoms with Crippen LogP contribution in [-0.2, 0) is 4.74 Å². The van der Waals surface area contributed by atoms with Crippen molar-refractivity contribution in [1.29, 1.82) is 0 Å². The Labute approximate surface area is 225 Å². The lowest BCUT2D eigenvalue weighted by Gasteiger charge is -2.42. The molecule has 3 aliphatic rings. The summed E-state index contributed by atoms with van der Waals surface area (Å²) >= 11 is 0. The van der Waals surface area contributed by atoms with E-state index < -0.39 is 23.4 Å². The van der Waals surface area contributed by atoms with Crippen molar-refractivity contribution in [1.82, 2.24) is 5.32 Å². The number of rotatable bonds is 6. The van der Waals surface area contributed by atoms with Gasteiger partial charge in [0, 0.05) is 23.6 Å². The fraction of sp³-hybridized carbons (Fsp3) is 0.781. The third kappa shape index (κ3) is 7.87. The number of nitrogens with one attached hydrogen (secondary N) is 1. The fourth-order valence-corrected chi connectivity index (χ4v) is 6.97. The number of ether oxygens (including phenoxy) is 1. The first kappa shape index (κ1) is 29.8. The highest BCUT2D eigenvalue weighted by Gasteiger charge is 2.50. The molecule has 208 valence electrons. The van der Waals surface area contributed by atoms with Crippen molar-refractivity contribution in [3.05, 3.63) is 22.8 Å². The second-order valence-electron chi connectivity index (χ2n) is 13.8. The molecule has 0 heterocycles. The van der Waals surface area contributed by atoms with Crippen LogP contribution in [0.1, 0.15) is 113 Å². The number of amides is 1. The highest BCUT2D eigenvalue weighted by molar-refractivity contribution is 5.68. The quantitative estimate of drug-likeness (QED) is 0.346. The molecule has 37 heavy (non-hydrogen) atoms. The summed E-state index contributed by atoms with van der Waals surface area (Å²) in [7, 11) is 0. The predicted octanol–water partition coefficient (Wildman–Crippen LogP) is 6.68. The molecular weight excluding hydrogens is 462 g/mol. The first-order valence-corrected chi connectivity index (χ1v) is 14.4. The average molecular weight is 514 g/mol. The minimum absolute atomic E-state index is 0.191. The molecule has 3 rings (SSSR count). The van der Waals surface area contributed by atoms with E-state index in [1.165, 1.54) is 24.8 Å². The number of hydrogen-bond acceptors (Lipinski definition) is 4. The van der Waals surface area contributed by atoms with Crippen molar-refractivity contribution in [3.63, 3.8) is 0 Å². The predicted molar refractivity (Wildman–Crippen MR) is 150 cm³/mol. The van der Waals surface area contributed by atoms with E-state index >= 15 is 0 Å². The number of aliphatic hydroxyl groups is 2. The molecule has 0 unspecified atom stereocenters. The normalized spacial score (nSPS) is 31.1. The van der Waals surface area contributed by atoms with E-state index in [2.05, 4.69) is 37.1 Å². The lowest BCUT2D eigenvalue weighted by atomic mass is 9.62. The summed E-state index contributed by atoms with van der Waals surface area (Å²) in [6.45, 7) is 16.2. The van der Waals surface area contributed by atoms with Crippen LogP contribution in [0.15, 0.2) is 22.8 Å². The second kappa shape index (κ2) is 11.5. The van der Waals surface area contributed by atoms with Gasteiger partial charge in [0.25, 0.3) is 0 Å². The van der Waals surface area contributed by atoms with Crippen LogP contribution in [0.3, 0.4) is 0 Å². The highest BCUT2D eigenvalue weighted by Crippen LogP contribution is 2.58. The van der Waals surface area contributed by atoms with E-state index in [1.54, 1.807) is 0 Å². The van der Waals surface area contributed by atoms with Gasteiger partial charge in [-0.25, -0.2) is 4.79 Å². The van der Waals surface area contributed by atoms with Crippen LogP contribution in [0.25, 0.3) is 0 Å². The molecule has 6 atom stereocenters. The summed E-state index contributed by atoms with van der Waals surface area (Å²) in [6.07, 6.45) is 10.2. The van der Waals surface area contributed by atoms with Gasteiger partial charge in [-0.1, -0.05) is 44.6 Å². The number of hydrogen-bond donors (Lipinski definition) is 3. The molecule has 0 saturated heterocycles. The molecule has 0 aromatic carbocycles. The molecule has 0 aromatic heterocycles.